The summed E-state index contributed by atoms with van der Waals surface area (Å²) in [4.78, 5) is 2.57. The Labute approximate surface area is 129 Å². The Balaban J connectivity index is 2.24. The Kier molecular flexibility index (Phi) is 9.35. The van der Waals surface area contributed by atoms with Gasteiger partial charge in [0.15, 0.2) is 0 Å². The summed E-state index contributed by atoms with van der Waals surface area (Å²) >= 11 is 2.22. The van der Waals surface area contributed by atoms with Gasteiger partial charge in [-0.1, -0.05) is 0 Å². The van der Waals surface area contributed by atoms with E-state index in [1.54, 1.807) is 0 Å². The molecule has 1 aromatic rings. The van der Waals surface area contributed by atoms with Gasteiger partial charge in [-0.3, -0.25) is 0 Å². The maximum atomic E-state index is 2.57. The number of nitrogens with zero attached hydrogens (tertiary/aromatic N) is 1. The summed E-state index contributed by atoms with van der Waals surface area (Å²) in [7, 11) is 0. The molecule has 0 aliphatic rings. The van der Waals surface area contributed by atoms with Gasteiger partial charge in [-0.15, -0.1) is 0 Å². The summed E-state index contributed by atoms with van der Waals surface area (Å²) in [5, 5.41) is 0. The van der Waals surface area contributed by atoms with Crippen molar-refractivity contribution in [3.8, 4) is 0 Å². The molecule has 0 saturated heterocycles. The normalized spacial score (nSPS) is 11.2. The minimum atomic E-state index is 1.11. The Morgan fingerprint density at radius 2 is 1.63 bits per heavy atom. The van der Waals surface area contributed by atoms with Gasteiger partial charge < -0.3 is 0 Å². The molecule has 1 aromatic carbocycles. The molecule has 0 saturated carbocycles. The summed E-state index contributed by atoms with van der Waals surface area (Å²) in [6.07, 6.45) is 8.32. The zero-order valence-electron chi connectivity index (χ0n) is 13.1. The molecule has 19 heavy (non-hydrogen) atoms. The van der Waals surface area contributed by atoms with Gasteiger partial charge in [-0.2, -0.15) is 0 Å². The third-order valence-electron chi connectivity index (χ3n) is 3.93. The fourth-order valence-electron chi connectivity index (χ4n) is 2.49. The Hall–Kier alpha value is -0.223. The molecule has 1 rings (SSSR count). The van der Waals surface area contributed by atoms with Gasteiger partial charge in [0, 0.05) is 0 Å². The summed E-state index contributed by atoms with van der Waals surface area (Å²) in [5.41, 5.74) is 1.48. The predicted octanol–water partition coefficient (Wildman–Crippen LogP) is 3.66. The first-order chi connectivity index (χ1) is 9.27. The van der Waals surface area contributed by atoms with Crippen molar-refractivity contribution in [3.63, 3.8) is 0 Å². The molecule has 0 spiro atoms. The fraction of sp³-hybridized carbons (Fsp3) is 0.647. The van der Waals surface area contributed by atoms with E-state index in [4.69, 9.17) is 0 Å². The van der Waals surface area contributed by atoms with E-state index in [-0.39, 0.29) is 0 Å². The fourth-order valence-corrected chi connectivity index (χ4v) is 2.49. The van der Waals surface area contributed by atoms with Crippen molar-refractivity contribution in [2.75, 3.05) is 13.1 Å². The molecule has 0 amide bonds. The summed E-state index contributed by atoms with van der Waals surface area (Å²) in [5.74, 6) is 0. The second kappa shape index (κ2) is 10.6. The third-order valence-corrected chi connectivity index (χ3v) is 3.93. The van der Waals surface area contributed by atoms with Crippen molar-refractivity contribution in [2.45, 2.75) is 58.9 Å². The molecule has 0 fully saturated rings. The van der Waals surface area contributed by atoms with Gasteiger partial charge in [0.25, 0.3) is 0 Å². The second-order valence-corrected chi connectivity index (χ2v) is 5.56. The van der Waals surface area contributed by atoms with E-state index in [9.17, 15) is 0 Å². The number of unbranched alkanes of at least 4 members (excludes halogenated alkanes) is 5. The molecule has 0 atom stereocenters. The van der Waals surface area contributed by atoms with Gasteiger partial charge >= 0.3 is 129 Å². The Morgan fingerprint density at radius 3 is 2.32 bits per heavy atom. The van der Waals surface area contributed by atoms with Gasteiger partial charge in [-0.25, -0.2) is 0 Å². The summed E-state index contributed by atoms with van der Waals surface area (Å²) in [6, 6.07) is 8.76. The van der Waals surface area contributed by atoms with Crippen LogP contribution in [0.3, 0.4) is 0 Å². The molecule has 0 radical (unpaired) electrons. The molecule has 0 N–H and O–H groups in total. The van der Waals surface area contributed by atoms with Crippen molar-refractivity contribution in [2.24, 2.45) is 0 Å². The van der Waals surface area contributed by atoms with Crippen molar-refractivity contribution >= 4 is 22.0 Å². The quantitative estimate of drug-likeness (QED) is 0.454. The Bertz CT molecular complexity index is 338. The van der Waals surface area contributed by atoms with E-state index in [1.165, 1.54) is 54.9 Å². The van der Waals surface area contributed by atoms with Gasteiger partial charge in [-0.05, 0) is 0 Å². The van der Waals surface area contributed by atoms with E-state index < -0.39 is 0 Å². The van der Waals surface area contributed by atoms with Gasteiger partial charge in [0.1, 0.15) is 0 Å². The second-order valence-electron chi connectivity index (χ2n) is 5.56. The third kappa shape index (κ3) is 7.21. The van der Waals surface area contributed by atoms with Crippen molar-refractivity contribution in [1.82, 2.24) is 4.90 Å². The molecule has 0 heterocycles. The molecule has 102 valence electrons. The SMILES string of the molecule is [Li][c]1ccccc1CN(CC)CCCCCCCC. The average molecular weight is 253 g/mol. The van der Waals surface area contributed by atoms with E-state index in [1.807, 2.05) is 0 Å². The topological polar surface area (TPSA) is 3.24 Å². The van der Waals surface area contributed by atoms with Crippen LogP contribution in [-0.2, 0) is 6.54 Å². The first kappa shape index (κ1) is 16.8. The van der Waals surface area contributed by atoms with Crippen LogP contribution in [-0.4, -0.2) is 35.7 Å². The number of rotatable bonds is 10. The van der Waals surface area contributed by atoms with Crippen LogP contribution in [0.4, 0.5) is 0 Å². The molecular weight excluding hydrogens is 225 g/mol. The van der Waals surface area contributed by atoms with Crippen LogP contribution in [0.15, 0.2) is 24.3 Å². The van der Waals surface area contributed by atoms with Crippen molar-refractivity contribution < 1.29 is 0 Å². The minimum absolute atomic E-state index is 1.11. The Morgan fingerprint density at radius 1 is 0.947 bits per heavy atom. The zero-order chi connectivity index (χ0) is 13.9. The van der Waals surface area contributed by atoms with Crippen molar-refractivity contribution in [3.05, 3.63) is 29.8 Å². The maximum absolute atomic E-state index is 2.57. The summed E-state index contributed by atoms with van der Waals surface area (Å²) in [6.45, 7) is 8.06. The van der Waals surface area contributed by atoms with Crippen LogP contribution >= 0.6 is 0 Å². The van der Waals surface area contributed by atoms with E-state index >= 15 is 0 Å². The van der Waals surface area contributed by atoms with E-state index in [0.717, 1.165) is 13.1 Å². The van der Waals surface area contributed by atoms with Crippen LogP contribution < -0.4 is 4.24 Å². The van der Waals surface area contributed by atoms with E-state index in [0.29, 0.717) is 0 Å². The van der Waals surface area contributed by atoms with Crippen LogP contribution in [0.2, 0.25) is 0 Å². The predicted molar refractivity (Wildman–Crippen MR) is 86.2 cm³/mol. The average Bonchev–Trinajstić information content (AvgIpc) is 2.43. The van der Waals surface area contributed by atoms with E-state index in [2.05, 4.69) is 60.7 Å². The zero-order valence-corrected chi connectivity index (χ0v) is 13.1. The van der Waals surface area contributed by atoms with Gasteiger partial charge in [0.05, 0.1) is 0 Å². The van der Waals surface area contributed by atoms with Crippen molar-refractivity contribution in [1.29, 1.82) is 0 Å². The number of benzene rings is 1. The molecule has 0 aliphatic heterocycles. The van der Waals surface area contributed by atoms with Gasteiger partial charge in [0.2, 0.25) is 0 Å². The molecule has 0 aromatic heterocycles. The molecule has 0 bridgehead atoms. The first-order valence-electron chi connectivity index (χ1n) is 8.04. The van der Waals surface area contributed by atoms with Crippen LogP contribution in [0, 0.1) is 0 Å². The molecule has 0 unspecified atom stereocenters. The van der Waals surface area contributed by atoms with Crippen LogP contribution in [0.25, 0.3) is 0 Å². The molecule has 0 aliphatic carbocycles. The first-order valence-corrected chi connectivity index (χ1v) is 8.04. The number of hydrogen-bond donors (Lipinski definition) is 0. The summed E-state index contributed by atoms with van der Waals surface area (Å²) < 4.78 is 1.42. The molecule has 1 nitrogen and oxygen atoms in total. The standard InChI is InChI=1S/C17H28N.Li/c1-3-5-6-7-8-12-15-18(4-2)16-17-13-10-9-11-14-17;/h9-11,13H,3-8,12,15-16H2,1-2H3;. The molecular formula is C17H28LiN. The monoisotopic (exact) mass is 253 g/mol. The molecule has 2 heteroatoms. The van der Waals surface area contributed by atoms with Crippen LogP contribution in [0.5, 0.6) is 0 Å². The van der Waals surface area contributed by atoms with Crippen LogP contribution in [0.1, 0.15) is 57.9 Å². The number of hydrogen-bond acceptors (Lipinski definition) is 1.